The van der Waals surface area contributed by atoms with Crippen molar-refractivity contribution < 1.29 is 9.59 Å². The molecule has 0 spiro atoms. The molecular weight excluding hydrogens is 352 g/mol. The van der Waals surface area contributed by atoms with E-state index >= 15 is 0 Å². The first-order chi connectivity index (χ1) is 13.7. The lowest BCUT2D eigenvalue weighted by Gasteiger charge is -2.47. The summed E-state index contributed by atoms with van der Waals surface area (Å²) in [7, 11) is 0. The van der Waals surface area contributed by atoms with Crippen molar-refractivity contribution in [1.29, 1.82) is 0 Å². The zero-order valence-corrected chi connectivity index (χ0v) is 15.8. The third kappa shape index (κ3) is 2.98. The number of piperazine rings is 1. The number of carbonyl (C=O) groups is 2. The first kappa shape index (κ1) is 17.4. The number of anilines is 1. The van der Waals surface area contributed by atoms with E-state index in [1.165, 1.54) is 4.90 Å². The van der Waals surface area contributed by atoms with Crippen LogP contribution in [0.5, 0.6) is 0 Å². The summed E-state index contributed by atoms with van der Waals surface area (Å²) in [5.41, 5.74) is 1.09. The molecule has 2 aromatic rings. The minimum Gasteiger partial charge on any atom is -0.354 e. The zero-order valence-electron chi connectivity index (χ0n) is 15.8. The van der Waals surface area contributed by atoms with Crippen molar-refractivity contribution in [3.8, 4) is 0 Å². The molecule has 0 radical (unpaired) electrons. The lowest BCUT2D eigenvalue weighted by atomic mass is 9.90. The van der Waals surface area contributed by atoms with Gasteiger partial charge in [-0.3, -0.25) is 19.4 Å². The van der Waals surface area contributed by atoms with Crippen LogP contribution in [0.15, 0.2) is 48.7 Å². The second kappa shape index (κ2) is 7.02. The number of benzene rings is 1. The van der Waals surface area contributed by atoms with E-state index in [0.717, 1.165) is 44.8 Å². The molecule has 3 aliphatic heterocycles. The van der Waals surface area contributed by atoms with Gasteiger partial charge in [0.25, 0.3) is 11.8 Å². The standard InChI is InChI=1S/C22H24N4O2/c27-21-18-5-1-2-6-19(18)22(28)26(21)14-16-8-9-17-15-25(12-11-24(17)13-16)20-7-3-4-10-23-20/h1-7,10,16-17H,8-9,11-15H2/t16-,17-/m0/s1. The molecule has 0 aliphatic carbocycles. The summed E-state index contributed by atoms with van der Waals surface area (Å²) >= 11 is 0. The van der Waals surface area contributed by atoms with Crippen LogP contribution >= 0.6 is 0 Å². The van der Waals surface area contributed by atoms with Gasteiger partial charge in [-0.15, -0.1) is 0 Å². The van der Waals surface area contributed by atoms with E-state index in [-0.39, 0.29) is 11.8 Å². The van der Waals surface area contributed by atoms with Gasteiger partial charge in [0, 0.05) is 45.0 Å². The van der Waals surface area contributed by atoms with E-state index in [4.69, 9.17) is 0 Å². The SMILES string of the molecule is O=C1c2ccccc2C(=O)N1C[C@H]1CC[C@H]2CN(c3ccccn3)CCN2C1. The highest BCUT2D eigenvalue weighted by Crippen LogP contribution is 2.30. The predicted molar refractivity (Wildman–Crippen MR) is 106 cm³/mol. The van der Waals surface area contributed by atoms with E-state index in [0.29, 0.717) is 29.6 Å². The van der Waals surface area contributed by atoms with E-state index < -0.39 is 0 Å². The maximum absolute atomic E-state index is 12.6. The van der Waals surface area contributed by atoms with E-state index in [2.05, 4.69) is 20.9 Å². The topological polar surface area (TPSA) is 56.8 Å². The molecule has 0 bridgehead atoms. The number of imide groups is 1. The van der Waals surface area contributed by atoms with E-state index in [1.807, 2.05) is 30.5 Å². The molecule has 28 heavy (non-hydrogen) atoms. The van der Waals surface area contributed by atoms with Crippen LogP contribution in [0.3, 0.4) is 0 Å². The smallest absolute Gasteiger partial charge is 0.261 e. The highest BCUT2D eigenvalue weighted by molar-refractivity contribution is 6.21. The normalized spacial score (nSPS) is 25.0. The fourth-order valence-corrected chi connectivity index (χ4v) is 4.82. The number of aromatic nitrogens is 1. The van der Waals surface area contributed by atoms with Crippen LogP contribution in [0.2, 0.25) is 0 Å². The van der Waals surface area contributed by atoms with Gasteiger partial charge >= 0.3 is 0 Å². The van der Waals surface area contributed by atoms with Gasteiger partial charge in [-0.2, -0.15) is 0 Å². The summed E-state index contributed by atoms with van der Waals surface area (Å²) in [6.07, 6.45) is 3.99. The quantitative estimate of drug-likeness (QED) is 0.770. The molecule has 3 aliphatic rings. The summed E-state index contributed by atoms with van der Waals surface area (Å²) in [6.45, 7) is 4.44. The van der Waals surface area contributed by atoms with Gasteiger partial charge in [0.1, 0.15) is 5.82 Å². The number of amides is 2. The lowest BCUT2D eigenvalue weighted by molar-refractivity contribution is 0.0521. The van der Waals surface area contributed by atoms with Crippen molar-refractivity contribution in [2.75, 3.05) is 37.6 Å². The summed E-state index contributed by atoms with van der Waals surface area (Å²) in [6, 6.07) is 13.7. The van der Waals surface area contributed by atoms with E-state index in [1.54, 1.807) is 12.1 Å². The molecule has 1 aromatic heterocycles. The number of piperidine rings is 1. The number of pyridine rings is 1. The van der Waals surface area contributed by atoms with Gasteiger partial charge in [0.15, 0.2) is 0 Å². The largest absolute Gasteiger partial charge is 0.354 e. The summed E-state index contributed by atoms with van der Waals surface area (Å²) < 4.78 is 0. The molecule has 4 heterocycles. The Balaban J connectivity index is 1.22. The van der Waals surface area contributed by atoms with Crippen LogP contribution in [0, 0.1) is 5.92 Å². The molecule has 2 amide bonds. The molecular formula is C22H24N4O2. The van der Waals surface area contributed by atoms with Crippen molar-refractivity contribution in [2.45, 2.75) is 18.9 Å². The van der Waals surface area contributed by atoms with Crippen LogP contribution in [0.4, 0.5) is 5.82 Å². The summed E-state index contributed by atoms with van der Waals surface area (Å²) in [4.78, 5) is 36.1. The van der Waals surface area contributed by atoms with Crippen LogP contribution in [0.25, 0.3) is 0 Å². The van der Waals surface area contributed by atoms with Gasteiger partial charge in [0.2, 0.25) is 0 Å². The van der Waals surface area contributed by atoms with Crippen LogP contribution in [-0.4, -0.2) is 65.4 Å². The summed E-state index contributed by atoms with van der Waals surface area (Å²) in [5, 5.41) is 0. The minimum absolute atomic E-state index is 0.136. The predicted octanol–water partition coefficient (Wildman–Crippen LogP) is 2.28. The molecule has 1 aromatic carbocycles. The fraction of sp³-hybridized carbons (Fsp3) is 0.409. The van der Waals surface area contributed by atoms with Gasteiger partial charge in [-0.25, -0.2) is 4.98 Å². The van der Waals surface area contributed by atoms with Gasteiger partial charge in [-0.05, 0) is 43.0 Å². The Labute approximate surface area is 164 Å². The number of hydrogen-bond donors (Lipinski definition) is 0. The molecule has 144 valence electrons. The lowest BCUT2D eigenvalue weighted by Crippen LogP contribution is -2.57. The molecule has 0 N–H and O–H groups in total. The zero-order chi connectivity index (χ0) is 19.1. The molecule has 0 saturated carbocycles. The average molecular weight is 376 g/mol. The monoisotopic (exact) mass is 376 g/mol. The third-order valence-corrected chi connectivity index (χ3v) is 6.30. The minimum atomic E-state index is -0.136. The van der Waals surface area contributed by atoms with Crippen molar-refractivity contribution >= 4 is 17.6 Å². The number of fused-ring (bicyclic) bond motifs is 2. The van der Waals surface area contributed by atoms with Gasteiger partial charge < -0.3 is 4.90 Å². The second-order valence-corrected chi connectivity index (χ2v) is 7.99. The van der Waals surface area contributed by atoms with Crippen molar-refractivity contribution in [1.82, 2.24) is 14.8 Å². The maximum Gasteiger partial charge on any atom is 0.261 e. The fourth-order valence-electron chi connectivity index (χ4n) is 4.82. The molecule has 6 nitrogen and oxygen atoms in total. The summed E-state index contributed by atoms with van der Waals surface area (Å²) in [5.74, 6) is 1.13. The molecule has 2 fully saturated rings. The first-order valence-electron chi connectivity index (χ1n) is 10.1. The number of hydrogen-bond acceptors (Lipinski definition) is 5. The molecule has 6 heteroatoms. The average Bonchev–Trinajstić information content (AvgIpc) is 2.99. The number of nitrogens with zero attached hydrogens (tertiary/aromatic N) is 4. The van der Waals surface area contributed by atoms with E-state index in [9.17, 15) is 9.59 Å². The molecule has 2 atom stereocenters. The van der Waals surface area contributed by atoms with Crippen molar-refractivity contribution in [3.05, 3.63) is 59.8 Å². The Kier molecular flexibility index (Phi) is 4.36. The van der Waals surface area contributed by atoms with Gasteiger partial charge in [0.05, 0.1) is 11.1 Å². The number of carbonyl (C=O) groups excluding carboxylic acids is 2. The molecule has 5 rings (SSSR count). The molecule has 0 unspecified atom stereocenters. The Bertz CT molecular complexity index is 865. The third-order valence-electron chi connectivity index (χ3n) is 6.30. The van der Waals surface area contributed by atoms with Crippen molar-refractivity contribution in [3.63, 3.8) is 0 Å². The Hall–Kier alpha value is -2.73. The van der Waals surface area contributed by atoms with Crippen LogP contribution in [-0.2, 0) is 0 Å². The second-order valence-electron chi connectivity index (χ2n) is 7.99. The van der Waals surface area contributed by atoms with Gasteiger partial charge in [-0.1, -0.05) is 18.2 Å². The van der Waals surface area contributed by atoms with Crippen LogP contribution in [0.1, 0.15) is 33.6 Å². The Morgan fingerprint density at radius 3 is 2.36 bits per heavy atom. The number of rotatable bonds is 3. The van der Waals surface area contributed by atoms with Crippen molar-refractivity contribution in [2.24, 2.45) is 5.92 Å². The highest BCUT2D eigenvalue weighted by Gasteiger charge is 2.39. The Morgan fingerprint density at radius 2 is 1.64 bits per heavy atom. The highest BCUT2D eigenvalue weighted by atomic mass is 16.2. The first-order valence-corrected chi connectivity index (χ1v) is 10.1. The maximum atomic E-state index is 12.6. The Morgan fingerprint density at radius 1 is 0.893 bits per heavy atom. The van der Waals surface area contributed by atoms with Crippen LogP contribution < -0.4 is 4.90 Å². The molecule has 2 saturated heterocycles.